The molecule has 1 saturated heterocycles. The summed E-state index contributed by atoms with van der Waals surface area (Å²) >= 11 is 1.88. The predicted octanol–water partition coefficient (Wildman–Crippen LogP) is 5.68. The molecule has 0 saturated carbocycles. The average Bonchev–Trinajstić information content (AvgIpc) is 3.15. The number of thiophene rings is 1. The smallest absolute Gasteiger partial charge is 0.321 e. The van der Waals surface area contributed by atoms with Crippen molar-refractivity contribution in [2.75, 3.05) is 36.4 Å². The molecule has 180 valence electrons. The molecular formula is C27H35N5OS. The van der Waals surface area contributed by atoms with E-state index in [1.807, 2.05) is 47.4 Å². The minimum atomic E-state index is -0.0273. The largest absolute Gasteiger partial charge is 0.352 e. The molecule has 7 heteroatoms. The zero-order valence-corrected chi connectivity index (χ0v) is 21.5. The average molecular weight is 478 g/mol. The van der Waals surface area contributed by atoms with Crippen molar-refractivity contribution in [3.8, 4) is 0 Å². The molecular weight excluding hydrogens is 442 g/mol. The highest BCUT2D eigenvalue weighted by Gasteiger charge is 2.28. The van der Waals surface area contributed by atoms with E-state index < -0.39 is 0 Å². The Morgan fingerprint density at radius 1 is 1.21 bits per heavy atom. The van der Waals surface area contributed by atoms with Gasteiger partial charge in [-0.25, -0.2) is 14.8 Å². The summed E-state index contributed by atoms with van der Waals surface area (Å²) in [5.41, 5.74) is 3.47. The number of amides is 2. The molecule has 1 aliphatic heterocycles. The van der Waals surface area contributed by atoms with Crippen molar-refractivity contribution < 1.29 is 4.79 Å². The summed E-state index contributed by atoms with van der Waals surface area (Å²) in [6, 6.07) is 7.92. The van der Waals surface area contributed by atoms with Crippen molar-refractivity contribution in [2.24, 2.45) is 11.8 Å². The number of fused-ring (bicyclic) bond motifs is 3. The van der Waals surface area contributed by atoms with Gasteiger partial charge >= 0.3 is 6.03 Å². The van der Waals surface area contributed by atoms with E-state index in [4.69, 9.17) is 9.97 Å². The minimum absolute atomic E-state index is 0.0273. The van der Waals surface area contributed by atoms with Gasteiger partial charge in [-0.3, -0.25) is 0 Å². The summed E-state index contributed by atoms with van der Waals surface area (Å²) in [7, 11) is 0. The topological polar surface area (TPSA) is 61.4 Å². The predicted molar refractivity (Wildman–Crippen MR) is 141 cm³/mol. The Kier molecular flexibility index (Phi) is 6.47. The monoisotopic (exact) mass is 477 g/mol. The Hall–Kier alpha value is -2.67. The number of nitrogens with one attached hydrogen (secondary N) is 1. The molecule has 5 rings (SSSR count). The second-order valence-corrected chi connectivity index (χ2v) is 11.5. The summed E-state index contributed by atoms with van der Waals surface area (Å²) in [5.74, 6) is 3.29. The molecule has 1 fully saturated rings. The van der Waals surface area contributed by atoms with Gasteiger partial charge in [0.1, 0.15) is 16.5 Å². The first kappa shape index (κ1) is 23.1. The first-order chi connectivity index (χ1) is 16.4. The van der Waals surface area contributed by atoms with E-state index in [1.54, 1.807) is 0 Å². The highest BCUT2D eigenvalue weighted by atomic mass is 32.1. The third-order valence-corrected chi connectivity index (χ3v) is 8.06. The maximum absolute atomic E-state index is 12.9. The van der Waals surface area contributed by atoms with Crippen molar-refractivity contribution in [3.05, 3.63) is 46.1 Å². The number of urea groups is 1. The number of anilines is 2. The first-order valence-electron chi connectivity index (χ1n) is 12.6. The van der Waals surface area contributed by atoms with E-state index in [1.165, 1.54) is 22.2 Å². The van der Waals surface area contributed by atoms with Gasteiger partial charge in [-0.05, 0) is 61.3 Å². The third-order valence-electron chi connectivity index (χ3n) is 6.91. The Labute approximate surface area is 206 Å². The lowest BCUT2D eigenvalue weighted by atomic mass is 9.89. The van der Waals surface area contributed by atoms with Crippen LogP contribution in [0.1, 0.15) is 49.0 Å². The number of hydrogen-bond donors (Lipinski definition) is 1. The SMILES string of the molecule is Cc1cccc(NC(=O)N2CCN(c3nc(CC(C)C)nc4sc5c(c34)CCC(C)C5)CC2)c1. The van der Waals surface area contributed by atoms with E-state index in [2.05, 4.69) is 31.0 Å². The van der Waals surface area contributed by atoms with E-state index >= 15 is 0 Å². The molecule has 3 heterocycles. The van der Waals surface area contributed by atoms with E-state index in [0.29, 0.717) is 19.0 Å². The summed E-state index contributed by atoms with van der Waals surface area (Å²) < 4.78 is 0. The Bertz CT molecular complexity index is 1200. The van der Waals surface area contributed by atoms with E-state index in [9.17, 15) is 4.79 Å². The number of benzene rings is 1. The van der Waals surface area contributed by atoms with Crippen LogP contribution in [0.4, 0.5) is 16.3 Å². The van der Waals surface area contributed by atoms with E-state index in [0.717, 1.165) is 66.0 Å². The van der Waals surface area contributed by atoms with Crippen LogP contribution in [0.3, 0.4) is 0 Å². The number of rotatable bonds is 4. The van der Waals surface area contributed by atoms with Gasteiger partial charge < -0.3 is 15.1 Å². The molecule has 2 amide bonds. The molecule has 1 aliphatic carbocycles. The highest BCUT2D eigenvalue weighted by Crippen LogP contribution is 2.41. The van der Waals surface area contributed by atoms with Crippen LogP contribution in [0.5, 0.6) is 0 Å². The minimum Gasteiger partial charge on any atom is -0.352 e. The molecule has 0 spiro atoms. The van der Waals surface area contributed by atoms with E-state index in [-0.39, 0.29) is 6.03 Å². The molecule has 2 aromatic heterocycles. The lowest BCUT2D eigenvalue weighted by molar-refractivity contribution is 0.208. The fourth-order valence-electron chi connectivity index (χ4n) is 5.10. The Morgan fingerprint density at radius 3 is 2.74 bits per heavy atom. The van der Waals surface area contributed by atoms with Gasteiger partial charge in [0.15, 0.2) is 0 Å². The number of aromatic nitrogens is 2. The third kappa shape index (κ3) is 4.76. The molecule has 1 N–H and O–H groups in total. The zero-order valence-electron chi connectivity index (χ0n) is 20.7. The summed E-state index contributed by atoms with van der Waals surface area (Å²) in [5, 5.41) is 4.33. The number of carbonyl (C=O) groups excluding carboxylic acids is 1. The van der Waals surface area contributed by atoms with Crippen LogP contribution in [0.15, 0.2) is 24.3 Å². The fraction of sp³-hybridized carbons (Fsp3) is 0.519. The van der Waals surface area contributed by atoms with Crippen LogP contribution in [0.2, 0.25) is 0 Å². The second kappa shape index (κ2) is 9.53. The van der Waals surface area contributed by atoms with Crippen LogP contribution >= 0.6 is 11.3 Å². The summed E-state index contributed by atoms with van der Waals surface area (Å²) in [4.78, 5) is 29.9. The molecule has 34 heavy (non-hydrogen) atoms. The number of nitrogens with zero attached hydrogens (tertiary/aromatic N) is 4. The molecule has 2 aliphatic rings. The Morgan fingerprint density at radius 2 is 2.00 bits per heavy atom. The number of carbonyl (C=O) groups is 1. The zero-order chi connectivity index (χ0) is 23.8. The van der Waals surface area contributed by atoms with Crippen molar-refractivity contribution in [1.29, 1.82) is 0 Å². The van der Waals surface area contributed by atoms with Gasteiger partial charge in [0.2, 0.25) is 0 Å². The quantitative estimate of drug-likeness (QED) is 0.525. The number of aryl methyl sites for hydroxylation is 2. The Balaban J connectivity index is 1.38. The number of piperazine rings is 1. The lowest BCUT2D eigenvalue weighted by Crippen LogP contribution is -2.50. The van der Waals surface area contributed by atoms with Gasteiger partial charge in [-0.1, -0.05) is 32.9 Å². The molecule has 1 aromatic carbocycles. The lowest BCUT2D eigenvalue weighted by Gasteiger charge is -2.36. The van der Waals surface area contributed by atoms with Crippen LogP contribution in [0.25, 0.3) is 10.2 Å². The van der Waals surface area contributed by atoms with Crippen molar-refractivity contribution >= 4 is 39.1 Å². The standard InChI is InChI=1S/C27H35N5OS/c1-17(2)14-23-29-25(24-21-9-8-19(4)16-22(21)34-26(24)30-23)31-10-12-32(13-11-31)27(33)28-20-7-5-6-18(3)15-20/h5-7,15,17,19H,8-14,16H2,1-4H3,(H,28,33). The number of hydrogen-bond acceptors (Lipinski definition) is 5. The van der Waals surface area contributed by atoms with Crippen molar-refractivity contribution in [3.63, 3.8) is 0 Å². The van der Waals surface area contributed by atoms with Crippen LogP contribution in [0, 0.1) is 18.8 Å². The molecule has 1 unspecified atom stereocenters. The molecule has 0 bridgehead atoms. The molecule has 1 atom stereocenters. The van der Waals surface area contributed by atoms with Crippen LogP contribution in [-0.2, 0) is 19.3 Å². The maximum atomic E-state index is 12.9. The maximum Gasteiger partial charge on any atom is 0.321 e. The van der Waals surface area contributed by atoms with Crippen molar-refractivity contribution in [2.45, 2.75) is 53.4 Å². The second-order valence-electron chi connectivity index (χ2n) is 10.4. The van der Waals surface area contributed by atoms with Crippen LogP contribution < -0.4 is 10.2 Å². The van der Waals surface area contributed by atoms with Gasteiger partial charge in [0.25, 0.3) is 0 Å². The highest BCUT2D eigenvalue weighted by molar-refractivity contribution is 7.19. The van der Waals surface area contributed by atoms with Gasteiger partial charge in [-0.2, -0.15) is 0 Å². The van der Waals surface area contributed by atoms with Crippen molar-refractivity contribution in [1.82, 2.24) is 14.9 Å². The first-order valence-corrected chi connectivity index (χ1v) is 13.4. The summed E-state index contributed by atoms with van der Waals surface area (Å²) in [6.45, 7) is 11.8. The molecule has 6 nitrogen and oxygen atoms in total. The summed E-state index contributed by atoms with van der Waals surface area (Å²) in [6.07, 6.45) is 4.40. The van der Waals surface area contributed by atoms with Crippen LogP contribution in [-0.4, -0.2) is 47.1 Å². The molecule has 3 aromatic rings. The molecule has 0 radical (unpaired) electrons. The normalized spacial score (nSPS) is 18.4. The van der Waals surface area contributed by atoms with Gasteiger partial charge in [0.05, 0.1) is 5.39 Å². The van der Waals surface area contributed by atoms with Gasteiger partial charge in [-0.15, -0.1) is 11.3 Å². The fourth-order valence-corrected chi connectivity index (χ4v) is 6.49. The van der Waals surface area contributed by atoms with Gasteiger partial charge in [0, 0.05) is 43.2 Å².